The van der Waals surface area contributed by atoms with Crippen molar-refractivity contribution < 1.29 is 29.1 Å². The molecule has 0 radical (unpaired) electrons. The average Bonchev–Trinajstić information content (AvgIpc) is 2.72. The molecule has 0 aliphatic heterocycles. The molecule has 0 N–H and O–H groups in total. The van der Waals surface area contributed by atoms with Crippen LogP contribution in [0.4, 0.5) is 0 Å². The van der Waals surface area contributed by atoms with E-state index in [1.807, 2.05) is 24.3 Å². The van der Waals surface area contributed by atoms with Crippen molar-refractivity contribution >= 4 is 11.9 Å². The minimum Gasteiger partial charge on any atom is -0.243 e. The van der Waals surface area contributed by atoms with Crippen molar-refractivity contribution in [3.63, 3.8) is 0 Å². The van der Waals surface area contributed by atoms with E-state index in [0.717, 1.165) is 36.8 Å². The summed E-state index contributed by atoms with van der Waals surface area (Å²) in [6.45, 7) is 7.52. The zero-order valence-corrected chi connectivity index (χ0v) is 16.1. The van der Waals surface area contributed by atoms with Gasteiger partial charge in [0.15, 0.2) is 0 Å². The quantitative estimate of drug-likeness (QED) is 0.328. The number of carbonyl (C=O) groups excluding carboxylic acids is 2. The molecule has 0 saturated heterocycles. The molecule has 6 heteroatoms. The van der Waals surface area contributed by atoms with E-state index < -0.39 is 17.9 Å². The highest BCUT2D eigenvalue weighted by molar-refractivity contribution is 5.89. The van der Waals surface area contributed by atoms with Gasteiger partial charge in [0, 0.05) is 0 Å². The van der Waals surface area contributed by atoms with E-state index in [-0.39, 0.29) is 0 Å². The Kier molecular flexibility index (Phi) is 8.09. The zero-order valence-electron chi connectivity index (χ0n) is 16.1. The molecule has 148 valence electrons. The molecule has 0 aliphatic carbocycles. The number of hydrogen-bond acceptors (Lipinski definition) is 6. The summed E-state index contributed by atoms with van der Waals surface area (Å²) >= 11 is 0. The molecule has 0 atom stereocenters. The van der Waals surface area contributed by atoms with Crippen molar-refractivity contribution in [1.82, 2.24) is 0 Å². The van der Waals surface area contributed by atoms with Crippen LogP contribution in [0, 0.1) is 0 Å². The molecule has 0 bridgehead atoms. The number of carbonyl (C=O) groups is 2. The van der Waals surface area contributed by atoms with Crippen LogP contribution in [0.25, 0.3) is 0 Å². The average molecular weight is 384 g/mol. The van der Waals surface area contributed by atoms with Crippen LogP contribution in [-0.4, -0.2) is 11.9 Å². The van der Waals surface area contributed by atoms with Gasteiger partial charge in [0.2, 0.25) is 0 Å². The molecule has 0 saturated carbocycles. The highest BCUT2D eigenvalue weighted by Gasteiger charge is 2.13. The lowest BCUT2D eigenvalue weighted by molar-refractivity contribution is -0.317. The van der Waals surface area contributed by atoms with Gasteiger partial charge in [0.25, 0.3) is 0 Å². The smallest absolute Gasteiger partial charge is 0.243 e. The summed E-state index contributed by atoms with van der Waals surface area (Å²) in [5.74, 6) is -1.91. The summed E-state index contributed by atoms with van der Waals surface area (Å²) in [5.41, 5.74) is 2.89. The van der Waals surface area contributed by atoms with Crippen LogP contribution in [0.3, 0.4) is 0 Å². The summed E-state index contributed by atoms with van der Waals surface area (Å²) in [7, 11) is 0. The molecule has 2 rings (SSSR count). The van der Waals surface area contributed by atoms with Gasteiger partial charge in [-0.05, 0) is 54.8 Å². The fourth-order valence-electron chi connectivity index (χ4n) is 2.47. The fraction of sp³-hybridized carbons (Fsp3) is 0.273. The summed E-state index contributed by atoms with van der Waals surface area (Å²) in [4.78, 5) is 42.3. The van der Waals surface area contributed by atoms with Gasteiger partial charge in [-0.25, -0.2) is 29.1 Å². The SMILES string of the molecule is C=C(OOC(=O)c1ccc(CCC)cc1)OOC(=O)c1ccc(CCC)cc1. The van der Waals surface area contributed by atoms with Crippen molar-refractivity contribution in [1.29, 1.82) is 0 Å². The topological polar surface area (TPSA) is 71.1 Å². The first-order valence-corrected chi connectivity index (χ1v) is 9.18. The molecule has 0 heterocycles. The highest BCUT2D eigenvalue weighted by atomic mass is 17.3. The third kappa shape index (κ3) is 6.46. The monoisotopic (exact) mass is 384 g/mol. The maximum Gasteiger partial charge on any atom is 0.386 e. The Morgan fingerprint density at radius 3 is 1.36 bits per heavy atom. The minimum absolute atomic E-state index is 0.316. The van der Waals surface area contributed by atoms with Crippen LogP contribution in [-0.2, 0) is 32.4 Å². The molecule has 2 aromatic carbocycles. The third-order valence-corrected chi connectivity index (χ3v) is 3.88. The molecule has 0 aromatic heterocycles. The largest absolute Gasteiger partial charge is 0.386 e. The predicted molar refractivity (Wildman–Crippen MR) is 103 cm³/mol. The summed E-state index contributed by atoms with van der Waals surface area (Å²) in [5, 5.41) is 0. The van der Waals surface area contributed by atoms with Crippen molar-refractivity contribution in [2.75, 3.05) is 0 Å². The second kappa shape index (κ2) is 10.8. The van der Waals surface area contributed by atoms with Gasteiger partial charge in [-0.3, -0.25) is 0 Å². The van der Waals surface area contributed by atoms with Gasteiger partial charge in [-0.2, -0.15) is 0 Å². The Balaban J connectivity index is 1.75. The van der Waals surface area contributed by atoms with Crippen molar-refractivity contribution in [2.24, 2.45) is 0 Å². The Labute approximate surface area is 164 Å². The van der Waals surface area contributed by atoms with E-state index in [4.69, 9.17) is 0 Å². The van der Waals surface area contributed by atoms with Crippen molar-refractivity contribution in [3.8, 4) is 0 Å². The molecule has 0 aliphatic rings. The fourth-order valence-corrected chi connectivity index (χ4v) is 2.47. The molecule has 0 spiro atoms. The van der Waals surface area contributed by atoms with Crippen LogP contribution in [0.5, 0.6) is 0 Å². The van der Waals surface area contributed by atoms with Gasteiger partial charge in [-0.15, -0.1) is 0 Å². The van der Waals surface area contributed by atoms with Crippen LogP contribution in [0.2, 0.25) is 0 Å². The number of hydrogen-bond donors (Lipinski definition) is 0. The Morgan fingerprint density at radius 2 is 1.04 bits per heavy atom. The Morgan fingerprint density at radius 1 is 0.679 bits per heavy atom. The molecule has 2 aromatic rings. The highest BCUT2D eigenvalue weighted by Crippen LogP contribution is 2.11. The number of benzene rings is 2. The van der Waals surface area contributed by atoms with E-state index in [0.29, 0.717) is 11.1 Å². The zero-order chi connectivity index (χ0) is 20.4. The molecule has 0 amide bonds. The predicted octanol–water partition coefficient (Wildman–Crippen LogP) is 4.94. The third-order valence-electron chi connectivity index (χ3n) is 3.88. The van der Waals surface area contributed by atoms with Gasteiger partial charge in [-0.1, -0.05) is 51.0 Å². The first-order chi connectivity index (χ1) is 13.5. The lowest BCUT2D eigenvalue weighted by Crippen LogP contribution is -2.10. The minimum atomic E-state index is -0.717. The van der Waals surface area contributed by atoms with Crippen molar-refractivity contribution in [2.45, 2.75) is 39.5 Å². The molecule has 0 unspecified atom stereocenters. The van der Waals surface area contributed by atoms with Gasteiger partial charge in [0.05, 0.1) is 11.1 Å². The van der Waals surface area contributed by atoms with E-state index in [1.54, 1.807) is 24.3 Å². The maximum atomic E-state index is 11.9. The first kappa shape index (κ1) is 21.0. The van der Waals surface area contributed by atoms with E-state index in [1.165, 1.54) is 0 Å². The number of aryl methyl sites for hydroxylation is 2. The Hall–Kier alpha value is -3.28. The van der Waals surface area contributed by atoms with Crippen LogP contribution >= 0.6 is 0 Å². The molecule has 6 nitrogen and oxygen atoms in total. The summed E-state index contributed by atoms with van der Waals surface area (Å²) in [6, 6.07) is 14.0. The summed E-state index contributed by atoms with van der Waals surface area (Å²) in [6.07, 6.45) is 3.91. The molecular weight excluding hydrogens is 360 g/mol. The maximum absolute atomic E-state index is 11.9. The normalized spacial score (nSPS) is 10.1. The second-order valence-corrected chi connectivity index (χ2v) is 6.17. The van der Waals surface area contributed by atoms with Gasteiger partial charge >= 0.3 is 17.9 Å². The van der Waals surface area contributed by atoms with E-state index in [9.17, 15) is 9.59 Å². The standard InChI is InChI=1S/C22H24O6/c1-4-6-17-8-12-19(13-9-17)21(23)27-25-16(3)26-28-22(24)20-14-10-18(7-5-2)11-15-20/h8-15H,3-7H2,1-2H3. The molecule has 28 heavy (non-hydrogen) atoms. The molecule has 0 fully saturated rings. The van der Waals surface area contributed by atoms with E-state index in [2.05, 4.69) is 40.0 Å². The van der Waals surface area contributed by atoms with Crippen LogP contribution < -0.4 is 0 Å². The lowest BCUT2D eigenvalue weighted by Gasteiger charge is -2.07. The van der Waals surface area contributed by atoms with Crippen LogP contribution in [0.1, 0.15) is 58.5 Å². The van der Waals surface area contributed by atoms with E-state index >= 15 is 0 Å². The Bertz CT molecular complexity index is 725. The molecular formula is C22H24O6. The van der Waals surface area contributed by atoms with Gasteiger partial charge < -0.3 is 0 Å². The summed E-state index contributed by atoms with van der Waals surface area (Å²) < 4.78 is 0. The first-order valence-electron chi connectivity index (χ1n) is 9.18. The van der Waals surface area contributed by atoms with Crippen LogP contribution in [0.15, 0.2) is 61.1 Å². The second-order valence-electron chi connectivity index (χ2n) is 6.17. The van der Waals surface area contributed by atoms with Gasteiger partial charge in [0.1, 0.15) is 0 Å². The number of rotatable bonds is 10. The van der Waals surface area contributed by atoms with Crippen molar-refractivity contribution in [3.05, 3.63) is 83.3 Å². The lowest BCUT2D eigenvalue weighted by atomic mass is 10.1.